The zero-order valence-electron chi connectivity index (χ0n) is 9.13. The van der Waals surface area contributed by atoms with Crippen molar-refractivity contribution in [2.45, 2.75) is 38.3 Å². The minimum Gasteiger partial charge on any atom is -0.339 e. The number of carbonyl (C=O) groups is 1. The van der Waals surface area contributed by atoms with Crippen molar-refractivity contribution in [1.82, 2.24) is 10.2 Å². The Morgan fingerprint density at radius 1 is 1.64 bits per heavy atom. The monoisotopic (exact) mass is 194 g/mol. The number of carbonyl (C=O) groups excluding carboxylic acids is 1. The maximum absolute atomic E-state index is 11.8. The molecule has 0 aromatic rings. The van der Waals surface area contributed by atoms with Crippen LogP contribution in [0.25, 0.3) is 0 Å². The highest BCUT2D eigenvalue weighted by atomic mass is 16.2. The molecule has 0 spiro atoms. The van der Waals surface area contributed by atoms with Crippen LogP contribution in [0.15, 0.2) is 0 Å². The summed E-state index contributed by atoms with van der Waals surface area (Å²) in [5.74, 6) is 2.61. The van der Waals surface area contributed by atoms with Crippen LogP contribution in [0, 0.1) is 12.3 Å². The van der Waals surface area contributed by atoms with Crippen LogP contribution < -0.4 is 5.32 Å². The summed E-state index contributed by atoms with van der Waals surface area (Å²) in [6, 6.07) is 0.00243. The predicted octanol–water partition coefficient (Wildman–Crippen LogP) is 0.609. The number of hydrogen-bond acceptors (Lipinski definition) is 2. The second kappa shape index (κ2) is 4.02. The number of nitrogens with one attached hydrogen (secondary N) is 1. The largest absolute Gasteiger partial charge is 0.339 e. The highest BCUT2D eigenvalue weighted by molar-refractivity contribution is 5.83. The first-order valence-electron chi connectivity index (χ1n) is 4.96. The van der Waals surface area contributed by atoms with Gasteiger partial charge >= 0.3 is 0 Å². The van der Waals surface area contributed by atoms with E-state index in [-0.39, 0.29) is 11.9 Å². The third-order valence-electron chi connectivity index (χ3n) is 2.62. The van der Waals surface area contributed by atoms with Gasteiger partial charge in [0.25, 0.3) is 0 Å². The molecule has 1 atom stereocenters. The van der Waals surface area contributed by atoms with E-state index in [0.29, 0.717) is 0 Å². The lowest BCUT2D eigenvalue weighted by Crippen LogP contribution is -2.49. The van der Waals surface area contributed by atoms with Gasteiger partial charge in [-0.15, -0.1) is 6.42 Å². The van der Waals surface area contributed by atoms with Gasteiger partial charge < -0.3 is 5.32 Å². The average molecular weight is 194 g/mol. The van der Waals surface area contributed by atoms with E-state index in [4.69, 9.17) is 6.42 Å². The van der Waals surface area contributed by atoms with Crippen LogP contribution >= 0.6 is 0 Å². The summed E-state index contributed by atoms with van der Waals surface area (Å²) >= 11 is 0. The smallest absolute Gasteiger partial charge is 0.238 e. The summed E-state index contributed by atoms with van der Waals surface area (Å²) in [5, 5.41) is 2.86. The molecule has 0 saturated carbocycles. The average Bonchev–Trinajstić information content (AvgIpc) is 2.51. The second-order valence-electron chi connectivity index (χ2n) is 4.40. The SMILES string of the molecule is C#CC(C)(C)NC(=O)C1CCCN1C. The Morgan fingerprint density at radius 3 is 2.71 bits per heavy atom. The lowest BCUT2D eigenvalue weighted by Gasteiger charge is -2.25. The fraction of sp³-hybridized carbons (Fsp3) is 0.727. The highest BCUT2D eigenvalue weighted by Gasteiger charge is 2.30. The summed E-state index contributed by atoms with van der Waals surface area (Å²) in [6.45, 7) is 4.66. The molecule has 3 heteroatoms. The van der Waals surface area contributed by atoms with E-state index in [1.807, 2.05) is 20.9 Å². The topological polar surface area (TPSA) is 32.3 Å². The van der Waals surface area contributed by atoms with Gasteiger partial charge in [0.1, 0.15) is 0 Å². The van der Waals surface area contributed by atoms with E-state index in [0.717, 1.165) is 19.4 Å². The van der Waals surface area contributed by atoms with Gasteiger partial charge in [-0.05, 0) is 40.3 Å². The molecule has 0 aromatic carbocycles. The molecule has 0 radical (unpaired) electrons. The number of hydrogen-bond donors (Lipinski definition) is 1. The molecule has 1 saturated heterocycles. The fourth-order valence-corrected chi connectivity index (χ4v) is 1.67. The van der Waals surface area contributed by atoms with Crippen molar-refractivity contribution in [2.75, 3.05) is 13.6 Å². The van der Waals surface area contributed by atoms with Gasteiger partial charge in [0.15, 0.2) is 0 Å². The number of likely N-dealkylation sites (N-methyl/N-ethyl adjacent to an activating group) is 1. The molecular weight excluding hydrogens is 176 g/mol. The van der Waals surface area contributed by atoms with Crippen molar-refractivity contribution in [3.05, 3.63) is 0 Å². The van der Waals surface area contributed by atoms with Crippen LogP contribution in [0.3, 0.4) is 0 Å². The Balaban J connectivity index is 2.55. The maximum atomic E-state index is 11.8. The van der Waals surface area contributed by atoms with Gasteiger partial charge in [0.2, 0.25) is 5.91 Å². The molecule has 0 bridgehead atoms. The summed E-state index contributed by atoms with van der Waals surface area (Å²) in [5.41, 5.74) is -0.541. The molecule has 1 fully saturated rings. The normalized spacial score (nSPS) is 23.1. The van der Waals surface area contributed by atoms with Crippen LogP contribution in [-0.4, -0.2) is 36.0 Å². The van der Waals surface area contributed by atoms with Gasteiger partial charge in [-0.25, -0.2) is 0 Å². The number of likely N-dealkylation sites (tertiary alicyclic amines) is 1. The first-order valence-corrected chi connectivity index (χ1v) is 4.96. The number of rotatable bonds is 2. The Hall–Kier alpha value is -1.01. The molecule has 1 rings (SSSR count). The second-order valence-corrected chi connectivity index (χ2v) is 4.40. The zero-order chi connectivity index (χ0) is 10.8. The van der Waals surface area contributed by atoms with Crippen molar-refractivity contribution >= 4 is 5.91 Å². The van der Waals surface area contributed by atoms with E-state index in [1.165, 1.54) is 0 Å². The van der Waals surface area contributed by atoms with Crippen LogP contribution in [0.5, 0.6) is 0 Å². The van der Waals surface area contributed by atoms with E-state index in [1.54, 1.807) is 0 Å². The van der Waals surface area contributed by atoms with Crippen molar-refractivity contribution in [3.8, 4) is 12.3 Å². The third-order valence-corrected chi connectivity index (χ3v) is 2.62. The van der Waals surface area contributed by atoms with Gasteiger partial charge in [0.05, 0.1) is 11.6 Å². The molecule has 1 amide bonds. The van der Waals surface area contributed by atoms with E-state index in [2.05, 4.69) is 16.1 Å². The molecule has 1 aliphatic rings. The molecule has 0 aliphatic carbocycles. The molecule has 3 nitrogen and oxygen atoms in total. The molecule has 0 aromatic heterocycles. The van der Waals surface area contributed by atoms with E-state index >= 15 is 0 Å². The van der Waals surface area contributed by atoms with E-state index < -0.39 is 5.54 Å². The van der Waals surface area contributed by atoms with E-state index in [9.17, 15) is 4.79 Å². The standard InChI is InChI=1S/C11H18N2O/c1-5-11(2,3)12-10(14)9-7-6-8-13(9)4/h1,9H,6-8H2,2-4H3,(H,12,14). The zero-order valence-corrected chi connectivity index (χ0v) is 9.13. The molecule has 78 valence electrons. The maximum Gasteiger partial charge on any atom is 0.238 e. The molecule has 1 N–H and O–H groups in total. The van der Waals surface area contributed by atoms with Gasteiger partial charge in [0, 0.05) is 0 Å². The lowest BCUT2D eigenvalue weighted by molar-refractivity contribution is -0.126. The highest BCUT2D eigenvalue weighted by Crippen LogP contribution is 2.15. The Morgan fingerprint density at radius 2 is 2.29 bits per heavy atom. The van der Waals surface area contributed by atoms with Gasteiger partial charge in [-0.2, -0.15) is 0 Å². The Bertz CT molecular complexity index is 265. The number of nitrogens with zero attached hydrogens (tertiary/aromatic N) is 1. The molecule has 1 heterocycles. The first kappa shape index (κ1) is 11.1. The van der Waals surface area contributed by atoms with Crippen molar-refractivity contribution < 1.29 is 4.79 Å². The minimum absolute atomic E-state index is 0.00243. The van der Waals surface area contributed by atoms with Crippen LogP contribution in [-0.2, 0) is 4.79 Å². The Labute approximate surface area is 85.9 Å². The summed E-state index contributed by atoms with van der Waals surface area (Å²) < 4.78 is 0. The quantitative estimate of drug-likeness (QED) is 0.653. The summed E-state index contributed by atoms with van der Waals surface area (Å²) in [7, 11) is 1.97. The molecule has 1 aliphatic heterocycles. The lowest BCUT2D eigenvalue weighted by atomic mass is 10.1. The third kappa shape index (κ3) is 2.49. The molecule has 1 unspecified atom stereocenters. The Kier molecular flexibility index (Phi) is 3.17. The predicted molar refractivity (Wildman–Crippen MR) is 56.7 cm³/mol. The van der Waals surface area contributed by atoms with Crippen molar-refractivity contribution in [2.24, 2.45) is 0 Å². The molecular formula is C11H18N2O. The fourth-order valence-electron chi connectivity index (χ4n) is 1.67. The number of amides is 1. The van der Waals surface area contributed by atoms with Crippen molar-refractivity contribution in [3.63, 3.8) is 0 Å². The van der Waals surface area contributed by atoms with Crippen LogP contribution in [0.2, 0.25) is 0 Å². The number of terminal acetylenes is 1. The first-order chi connectivity index (χ1) is 6.46. The van der Waals surface area contributed by atoms with Crippen LogP contribution in [0.1, 0.15) is 26.7 Å². The minimum atomic E-state index is -0.541. The van der Waals surface area contributed by atoms with Crippen molar-refractivity contribution in [1.29, 1.82) is 0 Å². The molecule has 14 heavy (non-hydrogen) atoms. The van der Waals surface area contributed by atoms with Gasteiger partial charge in [-0.1, -0.05) is 5.92 Å². The van der Waals surface area contributed by atoms with Gasteiger partial charge in [-0.3, -0.25) is 9.69 Å². The van der Waals surface area contributed by atoms with Crippen LogP contribution in [0.4, 0.5) is 0 Å². The summed E-state index contributed by atoms with van der Waals surface area (Å²) in [4.78, 5) is 13.9. The summed E-state index contributed by atoms with van der Waals surface area (Å²) in [6.07, 6.45) is 7.33.